The van der Waals surface area contributed by atoms with Gasteiger partial charge in [-0.25, -0.2) is 4.79 Å². The Hall–Kier alpha value is -1.56. The zero-order valence-corrected chi connectivity index (χ0v) is 8.90. The van der Waals surface area contributed by atoms with Gasteiger partial charge in [-0.05, 0) is 11.6 Å². The van der Waals surface area contributed by atoms with E-state index in [1.807, 2.05) is 0 Å². The Morgan fingerprint density at radius 3 is 2.41 bits per heavy atom. The van der Waals surface area contributed by atoms with Gasteiger partial charge >= 0.3 is 12.1 Å². The van der Waals surface area contributed by atoms with Crippen LogP contribution in [-0.2, 0) is 11.0 Å². The van der Waals surface area contributed by atoms with Crippen LogP contribution in [-0.4, -0.2) is 22.3 Å². The molecule has 2 N–H and O–H groups in total. The lowest BCUT2D eigenvalue weighted by Crippen LogP contribution is -2.26. The molecule has 3 nitrogen and oxygen atoms in total. The molecule has 1 aromatic rings. The van der Waals surface area contributed by atoms with Crippen LogP contribution < -0.4 is 0 Å². The second kappa shape index (κ2) is 4.75. The first-order valence-electron chi connectivity index (χ1n) is 4.81. The lowest BCUT2D eigenvalue weighted by molar-refractivity contribution is -0.147. The SMILES string of the molecule is CC(c1cccc(C(F)(F)F)c1)C(O)C(=O)O. The van der Waals surface area contributed by atoms with E-state index in [0.29, 0.717) is 0 Å². The Bertz CT molecular complexity index is 415. The number of carbonyl (C=O) groups is 1. The van der Waals surface area contributed by atoms with Crippen molar-refractivity contribution in [1.82, 2.24) is 0 Å². The van der Waals surface area contributed by atoms with E-state index in [0.717, 1.165) is 12.1 Å². The molecule has 6 heteroatoms. The van der Waals surface area contributed by atoms with Crippen LogP contribution >= 0.6 is 0 Å². The van der Waals surface area contributed by atoms with Gasteiger partial charge in [-0.15, -0.1) is 0 Å². The highest BCUT2D eigenvalue weighted by Crippen LogP contribution is 2.31. The fourth-order valence-electron chi connectivity index (χ4n) is 1.39. The molecule has 0 spiro atoms. The normalized spacial score (nSPS) is 15.4. The largest absolute Gasteiger partial charge is 0.479 e. The van der Waals surface area contributed by atoms with E-state index < -0.39 is 29.7 Å². The van der Waals surface area contributed by atoms with Crippen LogP contribution in [0, 0.1) is 0 Å². The number of hydrogen-bond acceptors (Lipinski definition) is 2. The number of rotatable bonds is 3. The average molecular weight is 248 g/mol. The van der Waals surface area contributed by atoms with Crippen LogP contribution in [0.15, 0.2) is 24.3 Å². The molecular weight excluding hydrogens is 237 g/mol. The van der Waals surface area contributed by atoms with Gasteiger partial charge in [0.25, 0.3) is 0 Å². The van der Waals surface area contributed by atoms with Crippen molar-refractivity contribution in [1.29, 1.82) is 0 Å². The Morgan fingerprint density at radius 1 is 1.35 bits per heavy atom. The van der Waals surface area contributed by atoms with E-state index in [1.165, 1.54) is 19.1 Å². The van der Waals surface area contributed by atoms with Crippen molar-refractivity contribution in [2.45, 2.75) is 25.1 Å². The van der Waals surface area contributed by atoms with Gasteiger partial charge in [-0.2, -0.15) is 13.2 Å². The summed E-state index contributed by atoms with van der Waals surface area (Å²) in [6, 6.07) is 4.27. The van der Waals surface area contributed by atoms with Crippen molar-refractivity contribution in [2.24, 2.45) is 0 Å². The molecule has 0 amide bonds. The number of aliphatic hydroxyl groups excluding tert-OH is 1. The maximum absolute atomic E-state index is 12.4. The standard InChI is InChI=1S/C11H11F3O3/c1-6(9(15)10(16)17)7-3-2-4-8(5-7)11(12,13)14/h2-6,9,15H,1H3,(H,16,17). The molecule has 0 bridgehead atoms. The minimum absolute atomic E-state index is 0.134. The third-order valence-corrected chi connectivity index (χ3v) is 2.47. The predicted molar refractivity (Wildman–Crippen MR) is 53.5 cm³/mol. The van der Waals surface area contributed by atoms with E-state index in [9.17, 15) is 23.1 Å². The van der Waals surface area contributed by atoms with Gasteiger partial charge in [0.15, 0.2) is 6.10 Å². The number of aliphatic hydroxyl groups is 1. The van der Waals surface area contributed by atoms with Gasteiger partial charge in [-0.1, -0.05) is 25.1 Å². The molecule has 1 rings (SSSR count). The molecule has 17 heavy (non-hydrogen) atoms. The zero-order valence-electron chi connectivity index (χ0n) is 8.90. The molecule has 0 aliphatic heterocycles. The monoisotopic (exact) mass is 248 g/mol. The zero-order chi connectivity index (χ0) is 13.2. The third kappa shape index (κ3) is 3.20. The molecular formula is C11H11F3O3. The summed E-state index contributed by atoms with van der Waals surface area (Å²) < 4.78 is 37.2. The number of halogens is 3. The third-order valence-electron chi connectivity index (χ3n) is 2.47. The molecule has 0 aliphatic carbocycles. The number of carboxylic acids is 1. The summed E-state index contributed by atoms with van der Waals surface area (Å²) in [4.78, 5) is 10.5. The van der Waals surface area contributed by atoms with E-state index in [4.69, 9.17) is 5.11 Å². The average Bonchev–Trinajstić information content (AvgIpc) is 2.26. The lowest BCUT2D eigenvalue weighted by atomic mass is 9.94. The lowest BCUT2D eigenvalue weighted by Gasteiger charge is -2.16. The topological polar surface area (TPSA) is 57.5 Å². The van der Waals surface area contributed by atoms with Gasteiger partial charge in [0.1, 0.15) is 0 Å². The summed E-state index contributed by atoms with van der Waals surface area (Å²) in [6.07, 6.45) is -6.21. The molecule has 2 unspecified atom stereocenters. The van der Waals surface area contributed by atoms with Gasteiger partial charge in [0.05, 0.1) is 5.56 Å². The van der Waals surface area contributed by atoms with E-state index in [-0.39, 0.29) is 5.56 Å². The predicted octanol–water partition coefficient (Wildman–Crippen LogP) is 2.25. The highest BCUT2D eigenvalue weighted by Gasteiger charge is 2.31. The molecule has 0 aliphatic rings. The molecule has 0 aromatic heterocycles. The number of benzene rings is 1. The Labute approximate surface area is 95.5 Å². The van der Waals surface area contributed by atoms with Crippen molar-refractivity contribution < 1.29 is 28.2 Å². The summed E-state index contributed by atoms with van der Waals surface area (Å²) in [5, 5.41) is 17.8. The van der Waals surface area contributed by atoms with Crippen LogP contribution in [0.1, 0.15) is 24.0 Å². The molecule has 1 aromatic carbocycles. The van der Waals surface area contributed by atoms with E-state index in [1.54, 1.807) is 0 Å². The molecule has 0 fully saturated rings. The van der Waals surface area contributed by atoms with Crippen molar-refractivity contribution in [3.8, 4) is 0 Å². The summed E-state index contributed by atoms with van der Waals surface area (Å²) >= 11 is 0. The second-order valence-corrected chi connectivity index (χ2v) is 3.69. The number of aliphatic carboxylic acids is 1. The van der Waals surface area contributed by atoms with Crippen LogP contribution in [0.4, 0.5) is 13.2 Å². The smallest absolute Gasteiger partial charge is 0.416 e. The van der Waals surface area contributed by atoms with Crippen molar-refractivity contribution in [3.63, 3.8) is 0 Å². The van der Waals surface area contributed by atoms with E-state index >= 15 is 0 Å². The fraction of sp³-hybridized carbons (Fsp3) is 0.364. The Balaban J connectivity index is 3.04. The summed E-state index contributed by atoms with van der Waals surface area (Å²) in [7, 11) is 0. The molecule has 94 valence electrons. The summed E-state index contributed by atoms with van der Waals surface area (Å²) in [6.45, 7) is 1.36. The molecule has 2 atom stereocenters. The van der Waals surface area contributed by atoms with Gasteiger partial charge < -0.3 is 10.2 Å². The number of alkyl halides is 3. The molecule has 0 saturated carbocycles. The van der Waals surface area contributed by atoms with Crippen LogP contribution in [0.3, 0.4) is 0 Å². The minimum Gasteiger partial charge on any atom is -0.479 e. The first-order valence-corrected chi connectivity index (χ1v) is 4.81. The maximum atomic E-state index is 12.4. The number of hydrogen-bond donors (Lipinski definition) is 2. The molecule has 0 saturated heterocycles. The maximum Gasteiger partial charge on any atom is 0.416 e. The highest BCUT2D eigenvalue weighted by molar-refractivity contribution is 5.73. The first kappa shape index (κ1) is 13.5. The van der Waals surface area contributed by atoms with Gasteiger partial charge in [0.2, 0.25) is 0 Å². The summed E-state index contributed by atoms with van der Waals surface area (Å²) in [5.41, 5.74) is -0.728. The van der Waals surface area contributed by atoms with Crippen molar-refractivity contribution in [3.05, 3.63) is 35.4 Å². The molecule has 0 radical (unpaired) electrons. The van der Waals surface area contributed by atoms with Gasteiger partial charge in [-0.3, -0.25) is 0 Å². The fourth-order valence-corrected chi connectivity index (χ4v) is 1.39. The second-order valence-electron chi connectivity index (χ2n) is 3.69. The first-order chi connectivity index (χ1) is 7.73. The quantitative estimate of drug-likeness (QED) is 0.862. The highest BCUT2D eigenvalue weighted by atomic mass is 19.4. The van der Waals surface area contributed by atoms with Crippen molar-refractivity contribution in [2.75, 3.05) is 0 Å². The Morgan fingerprint density at radius 2 is 1.94 bits per heavy atom. The van der Waals surface area contributed by atoms with Crippen molar-refractivity contribution >= 4 is 5.97 Å². The minimum atomic E-state index is -4.48. The van der Waals surface area contributed by atoms with Crippen LogP contribution in [0.2, 0.25) is 0 Å². The summed E-state index contributed by atoms with van der Waals surface area (Å²) in [5.74, 6) is -2.37. The number of carboxylic acid groups (broad SMARTS) is 1. The Kier molecular flexibility index (Phi) is 3.77. The van der Waals surface area contributed by atoms with Crippen LogP contribution in [0.5, 0.6) is 0 Å². The van der Waals surface area contributed by atoms with Crippen LogP contribution in [0.25, 0.3) is 0 Å². The van der Waals surface area contributed by atoms with Gasteiger partial charge in [0, 0.05) is 5.92 Å². The molecule has 0 heterocycles. The van der Waals surface area contributed by atoms with E-state index in [2.05, 4.69) is 0 Å².